The number of carbonyl (C=O) groups is 2. The predicted octanol–water partition coefficient (Wildman–Crippen LogP) is 17.7. The standard InChI is InChI=1S/C63H100NO8P/c1-3-5-7-9-11-13-15-17-19-21-23-24-25-26-27-28-29-30-31-32-33-34-35-36-38-40-42-44-46-48-50-52-54-56-63(66)72-61(60-71-73(67,68)70-58-57-64)59-69-62(65)55-53-51-49-47-45-43-41-39-37-22-20-18-16-14-12-10-8-6-4-2/h5-8,11-14,17-20,23-24,26-27,29-30,32-33,37,39,43,45,49,51,61H,3-4,9-10,15-16,21-22,25,28,31,34-36,38,40-42,44,46-48,50,52-60,64H2,1-2H3,(H,67,68)/b7-5-,8-6-,13-11-,14-12-,19-17-,20-18-,24-23-,27-26-,30-29-,33-32-,39-37-,45-43-,51-49-. The molecule has 0 rings (SSSR count). The lowest BCUT2D eigenvalue weighted by Gasteiger charge is -2.19. The van der Waals surface area contributed by atoms with E-state index in [0.717, 1.165) is 109 Å². The number of esters is 2. The van der Waals surface area contributed by atoms with Gasteiger partial charge in [0.25, 0.3) is 0 Å². The Morgan fingerprint density at radius 1 is 0.411 bits per heavy atom. The van der Waals surface area contributed by atoms with E-state index in [9.17, 15) is 19.0 Å². The highest BCUT2D eigenvalue weighted by atomic mass is 31.2. The van der Waals surface area contributed by atoms with Gasteiger partial charge in [-0.15, -0.1) is 0 Å². The molecule has 0 aliphatic carbocycles. The largest absolute Gasteiger partial charge is 0.472 e. The van der Waals surface area contributed by atoms with Gasteiger partial charge >= 0.3 is 19.8 Å². The number of allylic oxidation sites excluding steroid dienone is 26. The Kier molecular flexibility index (Phi) is 53.5. The Hall–Kier alpha value is -4.37. The van der Waals surface area contributed by atoms with Crippen LogP contribution >= 0.6 is 7.82 Å². The van der Waals surface area contributed by atoms with Gasteiger partial charge in [-0.05, 0) is 109 Å². The van der Waals surface area contributed by atoms with Crippen LogP contribution in [0.25, 0.3) is 0 Å². The van der Waals surface area contributed by atoms with Crippen LogP contribution in [0.2, 0.25) is 0 Å². The van der Waals surface area contributed by atoms with Crippen molar-refractivity contribution >= 4 is 19.8 Å². The summed E-state index contributed by atoms with van der Waals surface area (Å²) in [6, 6.07) is 0. The quantitative estimate of drug-likeness (QED) is 0.0264. The number of phosphoric acid groups is 1. The van der Waals surface area contributed by atoms with Crippen molar-refractivity contribution in [2.75, 3.05) is 26.4 Å². The molecular formula is C63H100NO8P. The third-order valence-corrected chi connectivity index (χ3v) is 11.9. The van der Waals surface area contributed by atoms with Crippen LogP contribution < -0.4 is 5.73 Å². The molecule has 73 heavy (non-hydrogen) atoms. The van der Waals surface area contributed by atoms with Crippen molar-refractivity contribution in [3.05, 3.63) is 158 Å². The van der Waals surface area contributed by atoms with Crippen molar-refractivity contribution in [3.63, 3.8) is 0 Å². The molecular weight excluding hydrogens is 930 g/mol. The van der Waals surface area contributed by atoms with Crippen molar-refractivity contribution in [2.24, 2.45) is 5.73 Å². The zero-order valence-electron chi connectivity index (χ0n) is 45.5. The van der Waals surface area contributed by atoms with Crippen molar-refractivity contribution in [1.29, 1.82) is 0 Å². The lowest BCUT2D eigenvalue weighted by atomic mass is 10.0. The molecule has 0 saturated heterocycles. The molecule has 0 aliphatic rings. The van der Waals surface area contributed by atoms with Gasteiger partial charge in [-0.1, -0.05) is 230 Å². The van der Waals surface area contributed by atoms with Crippen molar-refractivity contribution < 1.29 is 37.6 Å². The molecule has 0 amide bonds. The third kappa shape index (κ3) is 56.8. The molecule has 2 unspecified atom stereocenters. The fourth-order valence-electron chi connectivity index (χ4n) is 6.88. The van der Waals surface area contributed by atoms with E-state index in [2.05, 4.69) is 160 Å². The Morgan fingerprint density at radius 2 is 0.740 bits per heavy atom. The second-order valence-corrected chi connectivity index (χ2v) is 19.1. The maximum Gasteiger partial charge on any atom is 0.472 e. The van der Waals surface area contributed by atoms with Crippen LogP contribution in [0.3, 0.4) is 0 Å². The monoisotopic (exact) mass is 1030 g/mol. The Balaban J connectivity index is 4.10. The first-order valence-corrected chi connectivity index (χ1v) is 29.5. The average Bonchev–Trinajstić information content (AvgIpc) is 3.38. The molecule has 2 atom stereocenters. The van der Waals surface area contributed by atoms with Crippen LogP contribution in [-0.4, -0.2) is 49.3 Å². The average molecular weight is 1030 g/mol. The van der Waals surface area contributed by atoms with Crippen LogP contribution in [-0.2, 0) is 32.7 Å². The smallest absolute Gasteiger partial charge is 0.462 e. The third-order valence-electron chi connectivity index (χ3n) is 10.9. The highest BCUT2D eigenvalue weighted by Gasteiger charge is 2.26. The van der Waals surface area contributed by atoms with Crippen LogP contribution in [0, 0.1) is 0 Å². The minimum atomic E-state index is -4.42. The fraction of sp³-hybridized carbons (Fsp3) is 0.556. The summed E-state index contributed by atoms with van der Waals surface area (Å²) in [6.45, 7) is 3.40. The lowest BCUT2D eigenvalue weighted by molar-refractivity contribution is -0.161. The van der Waals surface area contributed by atoms with Crippen LogP contribution in [0.15, 0.2) is 158 Å². The number of nitrogens with two attached hydrogens (primary N) is 1. The van der Waals surface area contributed by atoms with E-state index in [0.29, 0.717) is 12.8 Å². The SMILES string of the molecule is CC/C=C\C/C=C\C/C=C\C/C=C\C/C=C\C/C=C\C/C=C\CCCCCCCCCCCCCC(=O)OC(COC(=O)CC/C=C\C/C=C\C/C=C\C/C=C\C/C=C\C/C=C\CC)COP(=O)(O)OCCN. The van der Waals surface area contributed by atoms with Gasteiger partial charge in [0.1, 0.15) is 6.61 Å². The minimum absolute atomic E-state index is 0.0347. The molecule has 0 fully saturated rings. The molecule has 410 valence electrons. The summed E-state index contributed by atoms with van der Waals surface area (Å²) in [5.41, 5.74) is 5.37. The maximum atomic E-state index is 12.7. The van der Waals surface area contributed by atoms with Gasteiger partial charge in [0.05, 0.1) is 13.2 Å². The molecule has 0 radical (unpaired) electrons. The number of ether oxygens (including phenoxy) is 2. The van der Waals surface area contributed by atoms with E-state index in [1.54, 1.807) is 0 Å². The van der Waals surface area contributed by atoms with E-state index in [-0.39, 0.29) is 32.6 Å². The van der Waals surface area contributed by atoms with Gasteiger partial charge in [-0.3, -0.25) is 18.6 Å². The molecule has 9 nitrogen and oxygen atoms in total. The minimum Gasteiger partial charge on any atom is -0.462 e. The number of phosphoric ester groups is 1. The summed E-state index contributed by atoms with van der Waals surface area (Å²) in [7, 11) is -4.42. The molecule has 10 heteroatoms. The molecule has 3 N–H and O–H groups in total. The fourth-order valence-corrected chi connectivity index (χ4v) is 7.64. The molecule has 0 aromatic heterocycles. The van der Waals surface area contributed by atoms with Gasteiger partial charge in [-0.2, -0.15) is 0 Å². The summed E-state index contributed by atoms with van der Waals surface area (Å²) in [6.07, 6.45) is 83.1. The Bertz CT molecular complexity index is 1740. The van der Waals surface area contributed by atoms with Crippen LogP contribution in [0.1, 0.15) is 194 Å². The van der Waals surface area contributed by atoms with Gasteiger partial charge in [0, 0.05) is 19.4 Å². The van der Waals surface area contributed by atoms with Crippen molar-refractivity contribution in [1.82, 2.24) is 0 Å². The van der Waals surface area contributed by atoms with Gasteiger partial charge in [0.2, 0.25) is 0 Å². The van der Waals surface area contributed by atoms with Crippen LogP contribution in [0.5, 0.6) is 0 Å². The first kappa shape index (κ1) is 68.6. The highest BCUT2D eigenvalue weighted by molar-refractivity contribution is 7.47. The van der Waals surface area contributed by atoms with Crippen molar-refractivity contribution in [2.45, 2.75) is 200 Å². The molecule has 0 bridgehead atoms. The molecule has 0 spiro atoms. The van der Waals surface area contributed by atoms with Crippen molar-refractivity contribution in [3.8, 4) is 0 Å². The van der Waals surface area contributed by atoms with Crippen LogP contribution in [0.4, 0.5) is 0 Å². The van der Waals surface area contributed by atoms with Gasteiger partial charge < -0.3 is 20.1 Å². The highest BCUT2D eigenvalue weighted by Crippen LogP contribution is 2.43. The molecule has 0 aliphatic heterocycles. The lowest BCUT2D eigenvalue weighted by Crippen LogP contribution is -2.29. The normalized spacial score (nSPS) is 14.3. The van der Waals surface area contributed by atoms with E-state index in [1.807, 2.05) is 12.2 Å². The van der Waals surface area contributed by atoms with Gasteiger partial charge in [0.15, 0.2) is 6.10 Å². The second-order valence-electron chi connectivity index (χ2n) is 17.7. The zero-order chi connectivity index (χ0) is 53.1. The van der Waals surface area contributed by atoms with E-state index in [4.69, 9.17) is 24.3 Å². The number of hydrogen-bond donors (Lipinski definition) is 2. The predicted molar refractivity (Wildman–Crippen MR) is 311 cm³/mol. The summed E-state index contributed by atoms with van der Waals surface area (Å²) >= 11 is 0. The van der Waals surface area contributed by atoms with Gasteiger partial charge in [-0.25, -0.2) is 4.57 Å². The molecule has 0 heterocycles. The number of rotatable bonds is 50. The Morgan fingerprint density at radius 3 is 1.11 bits per heavy atom. The summed E-state index contributed by atoms with van der Waals surface area (Å²) < 4.78 is 32.9. The number of hydrogen-bond acceptors (Lipinski definition) is 8. The molecule has 0 aromatic carbocycles. The number of unbranched alkanes of at least 4 members (excludes halogenated alkanes) is 11. The first-order valence-electron chi connectivity index (χ1n) is 28.0. The first-order chi connectivity index (χ1) is 35.8. The zero-order valence-corrected chi connectivity index (χ0v) is 46.4. The molecule has 0 saturated carbocycles. The maximum absolute atomic E-state index is 12.7. The van der Waals surface area contributed by atoms with E-state index < -0.39 is 32.5 Å². The second kappa shape index (κ2) is 56.9. The van der Waals surface area contributed by atoms with E-state index in [1.165, 1.54) is 44.9 Å². The summed E-state index contributed by atoms with van der Waals surface area (Å²) in [5.74, 6) is -0.942. The Labute approximate surface area is 445 Å². The number of carbonyl (C=O) groups excluding carboxylic acids is 2. The summed E-state index contributed by atoms with van der Waals surface area (Å²) in [4.78, 5) is 35.1. The molecule has 0 aromatic rings. The van der Waals surface area contributed by atoms with E-state index >= 15 is 0 Å². The topological polar surface area (TPSA) is 134 Å². The summed E-state index contributed by atoms with van der Waals surface area (Å²) in [5, 5.41) is 0.